The molecule has 12 heteroatoms. The van der Waals surface area contributed by atoms with Gasteiger partial charge in [-0.3, -0.25) is 0 Å². The molecule has 0 bridgehead atoms. The molecule has 0 aromatic heterocycles. The van der Waals surface area contributed by atoms with Crippen LogP contribution in [0.15, 0.2) is 0 Å². The molecule has 0 spiro atoms. The van der Waals surface area contributed by atoms with Gasteiger partial charge in [0.25, 0.3) is 0 Å². The van der Waals surface area contributed by atoms with Gasteiger partial charge in [-0.2, -0.15) is 0 Å². The van der Waals surface area contributed by atoms with Crippen molar-refractivity contribution in [1.82, 2.24) is 7.60 Å². The van der Waals surface area contributed by atoms with E-state index in [1.807, 2.05) is 13.8 Å². The molecule has 1 fully saturated rings. The molecule has 0 radical (unpaired) electrons. The minimum absolute atomic E-state index is 0.00330. The Morgan fingerprint density at radius 1 is 1.12 bits per heavy atom. The van der Waals surface area contributed by atoms with E-state index in [2.05, 4.69) is 25.0 Å². The van der Waals surface area contributed by atoms with Gasteiger partial charge in [-0.1, -0.05) is 0 Å². The molecule has 0 saturated carbocycles. The van der Waals surface area contributed by atoms with Crippen LogP contribution in [0.3, 0.4) is 0 Å². The summed E-state index contributed by atoms with van der Waals surface area (Å²) in [5.41, 5.74) is 0. The van der Waals surface area contributed by atoms with Gasteiger partial charge < -0.3 is 0 Å². The van der Waals surface area contributed by atoms with Crippen LogP contribution in [-0.4, -0.2) is 11.8 Å². The quantitative estimate of drug-likeness (QED) is 0.437. The van der Waals surface area contributed by atoms with Gasteiger partial charge in [0.15, 0.2) is 0 Å². The number of unbranched alkanes of at least 4 members (excludes halogenated alkanes) is 1. The number of carbonyl (C=O) groups is 2. The molecule has 4 nitrogen and oxygen atoms in total. The maximum absolute atomic E-state index is 12.3. The molecule has 0 aromatic carbocycles. The fourth-order valence-electron chi connectivity index (χ4n) is 2.74. The molecule has 1 aliphatic rings. The predicted molar refractivity (Wildman–Crippen MR) is 80.0 cm³/mol. The third kappa shape index (κ3) is 7.57. The fraction of sp³-hybridized carbons (Fsp3) is 0.833. The molecule has 1 heterocycles. The Bertz CT molecular complexity index is 494. The molecule has 0 aliphatic carbocycles. The molecule has 2 N–H and O–H groups in total. The van der Waals surface area contributed by atoms with Crippen LogP contribution in [0.4, 0.5) is 0 Å². The van der Waals surface area contributed by atoms with E-state index in [0.717, 1.165) is 6.42 Å². The van der Waals surface area contributed by atoms with Gasteiger partial charge in [0.1, 0.15) is 0 Å². The second kappa shape index (κ2) is 10.7. The van der Waals surface area contributed by atoms with Gasteiger partial charge in [-0.05, 0) is 0 Å². The summed E-state index contributed by atoms with van der Waals surface area (Å²) in [7, 11) is 9.08. The van der Waals surface area contributed by atoms with Gasteiger partial charge in [0.05, 0.1) is 0 Å². The monoisotopic (exact) mass is 589 g/mol. The van der Waals surface area contributed by atoms with Crippen molar-refractivity contribution in [2.45, 2.75) is 61.6 Å². The maximum atomic E-state index is 12.3. The number of nitrogens with one attached hydrogen (secondary N) is 2. The Kier molecular flexibility index (Phi) is 11.5. The van der Waals surface area contributed by atoms with Crippen molar-refractivity contribution in [2.24, 2.45) is 0 Å². The topological polar surface area (TPSA) is 58.2 Å². The second-order valence-corrected chi connectivity index (χ2v) is 115. The first-order valence-corrected chi connectivity index (χ1v) is 42.6. The summed E-state index contributed by atoms with van der Waals surface area (Å²) in [4.78, 5) is 24.4. The average molecular weight is 589 g/mol. The molecule has 1 saturated heterocycles. The standard InChI is InChI=1S/C4H9.2C3H7NO.2CH3.2ClH.6Ti/c1-3-4-2;2*1-2-3(4)5;;;;;;;;;;/h1,3-4H2,2H3;2*2H2,1H3,(H2,4,5);2*1H3;2*1H;;;;;;/q;;;;;;;;;;;+1;+3/p-4. The van der Waals surface area contributed by atoms with Crippen LogP contribution in [-0.2, 0) is 75.4 Å². The number of amides is 2. The van der Waals surface area contributed by atoms with Gasteiger partial charge in [0, 0.05) is 0 Å². The normalized spacial score (nSPS) is 22.4. The summed E-state index contributed by atoms with van der Waals surface area (Å²) in [5, 5.41) is 4.98. The molecule has 0 unspecified atom stereocenters. The first-order chi connectivity index (χ1) is 11.0. The van der Waals surface area contributed by atoms with E-state index in [1.54, 1.807) is 0 Å². The molecule has 1 aliphatic heterocycles. The summed E-state index contributed by atoms with van der Waals surface area (Å²) in [6.07, 6.45) is 3.33. The third-order valence-corrected chi connectivity index (χ3v) is 235. The molecule has 0 atom stereocenters. The zero-order valence-electron chi connectivity index (χ0n) is 15.1. The van der Waals surface area contributed by atoms with Crippen LogP contribution in [0.1, 0.15) is 46.5 Å². The molecule has 2 amide bonds. The van der Waals surface area contributed by atoms with E-state index in [0.29, 0.717) is 12.8 Å². The fourth-order valence-corrected chi connectivity index (χ4v) is 545. The zero-order valence-corrected chi connectivity index (χ0v) is 26.0. The van der Waals surface area contributed by atoms with Crippen molar-refractivity contribution >= 4 is 30.4 Å². The van der Waals surface area contributed by atoms with E-state index in [-0.39, 0.29) is 37.3 Å². The molecule has 24 heavy (non-hydrogen) atoms. The first-order valence-electron chi connectivity index (χ1n) is 8.47. The molecular formula is C12H27Cl2N2O2Ti6. The number of hydrogen-bond donors (Lipinski definition) is 2. The molecular weight excluding hydrogens is 562 g/mol. The summed E-state index contributed by atoms with van der Waals surface area (Å²) >= 11 is -3.83. The summed E-state index contributed by atoms with van der Waals surface area (Å²) in [6.45, 7) is 6.01. The average Bonchev–Trinajstić information content (AvgIpc) is 2.43. The number of halogens is 2. The van der Waals surface area contributed by atoms with E-state index in [9.17, 15) is 9.59 Å². The van der Waals surface area contributed by atoms with Crippen LogP contribution >= 0.6 is 18.6 Å². The predicted octanol–water partition coefficient (Wildman–Crippen LogP) is 4.24. The van der Waals surface area contributed by atoms with E-state index >= 15 is 0 Å². The Labute approximate surface area is 171 Å². The zero-order chi connectivity index (χ0) is 18.6. The third-order valence-electron chi connectivity index (χ3n) is 3.85. The summed E-state index contributed by atoms with van der Waals surface area (Å²) in [5.74, 6) is 0.265. The molecule has 1 rings (SSSR count). The van der Waals surface area contributed by atoms with Crippen molar-refractivity contribution in [2.75, 3.05) is 0 Å². The van der Waals surface area contributed by atoms with Gasteiger partial charge in [-0.25, -0.2) is 0 Å². The van der Waals surface area contributed by atoms with Crippen LogP contribution in [0.25, 0.3) is 0 Å². The molecule has 0 aromatic rings. The second-order valence-electron chi connectivity index (χ2n) is 6.65. The first kappa shape index (κ1) is 25.8. The Morgan fingerprint density at radius 2 is 1.71 bits per heavy atom. The minimum atomic E-state index is -3.87. The van der Waals surface area contributed by atoms with Gasteiger partial charge in [0.2, 0.25) is 0 Å². The van der Waals surface area contributed by atoms with Crippen molar-refractivity contribution in [3.63, 3.8) is 0 Å². The van der Waals surface area contributed by atoms with Gasteiger partial charge in [-0.15, -0.1) is 0 Å². The van der Waals surface area contributed by atoms with Crippen LogP contribution < -0.4 is 7.60 Å². The molecule has 135 valence electrons. The van der Waals surface area contributed by atoms with Crippen LogP contribution in [0.5, 0.6) is 0 Å². The summed E-state index contributed by atoms with van der Waals surface area (Å²) in [6, 6.07) is 0. The van der Waals surface area contributed by atoms with Gasteiger partial charge >= 0.3 is 175 Å². The van der Waals surface area contributed by atoms with Crippen molar-refractivity contribution in [3.8, 4) is 0 Å². The number of rotatable bonds is 7. The summed E-state index contributed by atoms with van der Waals surface area (Å²) < 4.78 is 8.01. The van der Waals surface area contributed by atoms with E-state index < -0.39 is 40.4 Å². The number of carbonyl (C=O) groups excluding carboxylic acids is 2. The van der Waals surface area contributed by atoms with E-state index in [1.165, 1.54) is 11.1 Å². The Hall–Kier alpha value is 3.81. The number of hydrogen-bond acceptors (Lipinski definition) is 2. The van der Waals surface area contributed by atoms with E-state index in [4.69, 9.17) is 18.6 Å². The van der Waals surface area contributed by atoms with Crippen molar-refractivity contribution in [3.05, 3.63) is 0 Å². The SMILES string of the molecule is CCC[CH2][Ti]1[Ti]([NH]C(=O)CC)[Ti][Ti]([CH3])([CH3])[Ti][Ti]1([Cl])([Cl])[NH]C(=O)CC. The van der Waals surface area contributed by atoms with Crippen LogP contribution in [0.2, 0.25) is 15.2 Å². The van der Waals surface area contributed by atoms with Crippen molar-refractivity contribution < 1.29 is 75.4 Å². The Balaban J connectivity index is 3.27. The Morgan fingerprint density at radius 3 is 2.21 bits per heavy atom. The van der Waals surface area contributed by atoms with Crippen LogP contribution in [0, 0.1) is 0 Å². The van der Waals surface area contributed by atoms with Crippen molar-refractivity contribution in [1.29, 1.82) is 0 Å².